The van der Waals surface area contributed by atoms with Crippen LogP contribution in [0.3, 0.4) is 0 Å². The van der Waals surface area contributed by atoms with E-state index in [0.29, 0.717) is 5.02 Å². The Labute approximate surface area is 112 Å². The van der Waals surface area contributed by atoms with Gasteiger partial charge in [0.25, 0.3) is 0 Å². The van der Waals surface area contributed by atoms with Gasteiger partial charge in [0, 0.05) is 14.4 Å². The van der Waals surface area contributed by atoms with Gasteiger partial charge in [0.05, 0.1) is 6.04 Å². The molecule has 1 aromatic heterocycles. The molecule has 1 nitrogen and oxygen atoms in total. The van der Waals surface area contributed by atoms with Gasteiger partial charge in [-0.2, -0.15) is 0 Å². The van der Waals surface area contributed by atoms with Crippen LogP contribution in [0.15, 0.2) is 34.1 Å². The summed E-state index contributed by atoms with van der Waals surface area (Å²) in [5.41, 5.74) is 8.42. The highest BCUT2D eigenvalue weighted by molar-refractivity contribution is 9.10. The lowest BCUT2D eigenvalue weighted by molar-refractivity contribution is 0.870. The number of hydrogen-bond acceptors (Lipinski definition) is 2. The summed E-state index contributed by atoms with van der Waals surface area (Å²) in [6.07, 6.45) is 0. The second kappa shape index (κ2) is 4.88. The number of rotatable bonds is 2. The van der Waals surface area contributed by atoms with Crippen molar-refractivity contribution < 1.29 is 0 Å². The second-order valence-corrected chi connectivity index (χ2v) is 6.04. The largest absolute Gasteiger partial charge is 0.320 e. The first-order valence-electron chi connectivity index (χ1n) is 4.83. The highest BCUT2D eigenvalue weighted by Gasteiger charge is 2.13. The molecule has 1 unspecified atom stereocenters. The minimum atomic E-state index is -0.100. The first kappa shape index (κ1) is 12.1. The summed E-state index contributed by atoms with van der Waals surface area (Å²) < 4.78 is 0.955. The van der Waals surface area contributed by atoms with Crippen LogP contribution in [0.2, 0.25) is 5.02 Å². The summed E-state index contributed by atoms with van der Waals surface area (Å²) >= 11 is 11.1. The molecule has 0 aliphatic rings. The monoisotopic (exact) mass is 315 g/mol. The van der Waals surface area contributed by atoms with Crippen molar-refractivity contribution in [3.8, 4) is 0 Å². The van der Waals surface area contributed by atoms with Crippen molar-refractivity contribution in [3.63, 3.8) is 0 Å². The Bertz CT molecular complexity index is 509. The van der Waals surface area contributed by atoms with E-state index in [1.54, 1.807) is 11.3 Å². The lowest BCUT2D eigenvalue weighted by atomic mass is 10.0. The minimum Gasteiger partial charge on any atom is -0.320 e. The highest BCUT2D eigenvalue weighted by Crippen LogP contribution is 2.30. The van der Waals surface area contributed by atoms with Gasteiger partial charge in [-0.1, -0.05) is 33.6 Å². The van der Waals surface area contributed by atoms with Crippen molar-refractivity contribution >= 4 is 38.9 Å². The molecule has 1 atom stereocenters. The van der Waals surface area contributed by atoms with Crippen LogP contribution in [0.25, 0.3) is 0 Å². The zero-order valence-corrected chi connectivity index (χ0v) is 11.9. The minimum absolute atomic E-state index is 0.100. The van der Waals surface area contributed by atoms with E-state index in [1.165, 1.54) is 4.88 Å². The summed E-state index contributed by atoms with van der Waals surface area (Å²) in [7, 11) is 0. The molecule has 4 heteroatoms. The second-order valence-electron chi connectivity index (χ2n) is 3.63. The molecule has 2 rings (SSSR count). The maximum absolute atomic E-state index is 6.21. The molecular weight excluding hydrogens is 306 g/mol. The summed E-state index contributed by atoms with van der Waals surface area (Å²) in [5.74, 6) is 0. The van der Waals surface area contributed by atoms with Crippen LogP contribution in [-0.4, -0.2) is 0 Å². The van der Waals surface area contributed by atoms with Gasteiger partial charge in [0.15, 0.2) is 0 Å². The molecule has 0 spiro atoms. The van der Waals surface area contributed by atoms with Crippen molar-refractivity contribution in [2.45, 2.75) is 13.0 Å². The number of aryl methyl sites for hydroxylation is 1. The molecule has 0 fully saturated rings. The average Bonchev–Trinajstić information content (AvgIpc) is 2.64. The van der Waals surface area contributed by atoms with E-state index in [9.17, 15) is 0 Å². The Morgan fingerprint density at radius 1 is 1.38 bits per heavy atom. The van der Waals surface area contributed by atoms with Gasteiger partial charge in [-0.15, -0.1) is 11.3 Å². The van der Waals surface area contributed by atoms with Gasteiger partial charge >= 0.3 is 0 Å². The third kappa shape index (κ3) is 2.48. The summed E-state index contributed by atoms with van der Waals surface area (Å²) in [4.78, 5) is 1.27. The molecule has 0 aliphatic carbocycles. The third-order valence-electron chi connectivity index (χ3n) is 2.41. The van der Waals surface area contributed by atoms with Gasteiger partial charge < -0.3 is 5.73 Å². The molecule has 1 heterocycles. The zero-order valence-electron chi connectivity index (χ0n) is 8.71. The van der Waals surface area contributed by atoms with Crippen LogP contribution in [0.5, 0.6) is 0 Å². The Morgan fingerprint density at radius 2 is 2.12 bits per heavy atom. The molecule has 84 valence electrons. The van der Waals surface area contributed by atoms with Crippen LogP contribution < -0.4 is 5.73 Å². The Hall–Kier alpha value is -0.350. The number of hydrogen-bond donors (Lipinski definition) is 1. The van der Waals surface area contributed by atoms with Crippen LogP contribution in [-0.2, 0) is 0 Å². The Kier molecular flexibility index (Phi) is 3.70. The fourth-order valence-electron chi connectivity index (χ4n) is 1.56. The normalized spacial score (nSPS) is 12.8. The van der Waals surface area contributed by atoms with Crippen LogP contribution in [0.4, 0.5) is 0 Å². The first-order chi connectivity index (χ1) is 7.58. The molecule has 16 heavy (non-hydrogen) atoms. The lowest BCUT2D eigenvalue weighted by Crippen LogP contribution is -2.11. The molecule has 0 bridgehead atoms. The van der Waals surface area contributed by atoms with Crippen molar-refractivity contribution in [1.29, 1.82) is 0 Å². The lowest BCUT2D eigenvalue weighted by Gasteiger charge is -2.12. The van der Waals surface area contributed by atoms with Crippen molar-refractivity contribution in [2.24, 2.45) is 5.73 Å². The summed E-state index contributed by atoms with van der Waals surface area (Å²) in [5, 5.41) is 2.81. The molecule has 0 saturated carbocycles. The summed E-state index contributed by atoms with van der Waals surface area (Å²) in [6.45, 7) is 2.08. The molecule has 0 saturated heterocycles. The molecule has 0 amide bonds. The highest BCUT2D eigenvalue weighted by atomic mass is 79.9. The predicted octanol–water partition coefficient (Wildman–Crippen LogP) is 4.52. The first-order valence-corrected chi connectivity index (χ1v) is 6.88. The number of halogens is 2. The number of nitrogens with two attached hydrogens (primary N) is 1. The van der Waals surface area contributed by atoms with E-state index in [0.717, 1.165) is 15.6 Å². The standard InChI is InChI=1S/C12H11BrClNS/c1-7-4-8(6-16-7)12(15)10-3-2-9(14)5-11(10)13/h2-6,12H,15H2,1H3. The van der Waals surface area contributed by atoms with E-state index in [-0.39, 0.29) is 6.04 Å². The van der Waals surface area contributed by atoms with Gasteiger partial charge in [0.1, 0.15) is 0 Å². The van der Waals surface area contributed by atoms with E-state index in [2.05, 4.69) is 34.3 Å². The third-order valence-corrected chi connectivity index (χ3v) is 4.21. The predicted molar refractivity (Wildman–Crippen MR) is 74.2 cm³/mol. The molecule has 2 N–H and O–H groups in total. The van der Waals surface area contributed by atoms with Gasteiger partial charge in [-0.05, 0) is 41.6 Å². The fraction of sp³-hybridized carbons (Fsp3) is 0.167. The van der Waals surface area contributed by atoms with Crippen molar-refractivity contribution in [1.82, 2.24) is 0 Å². The van der Waals surface area contributed by atoms with E-state index >= 15 is 0 Å². The maximum atomic E-state index is 6.21. The molecule has 2 aromatic rings. The fourth-order valence-corrected chi connectivity index (χ4v) is 3.23. The van der Waals surface area contributed by atoms with E-state index in [4.69, 9.17) is 17.3 Å². The van der Waals surface area contributed by atoms with Crippen LogP contribution in [0.1, 0.15) is 22.0 Å². The van der Waals surface area contributed by atoms with Gasteiger partial charge in [-0.3, -0.25) is 0 Å². The number of benzene rings is 1. The quantitative estimate of drug-likeness (QED) is 0.866. The summed E-state index contributed by atoms with van der Waals surface area (Å²) in [6, 6.07) is 7.72. The average molecular weight is 317 g/mol. The molecular formula is C12H11BrClNS. The molecule has 1 aromatic carbocycles. The van der Waals surface area contributed by atoms with Crippen molar-refractivity contribution in [2.75, 3.05) is 0 Å². The van der Waals surface area contributed by atoms with Gasteiger partial charge in [-0.25, -0.2) is 0 Å². The Balaban J connectivity index is 2.37. The Morgan fingerprint density at radius 3 is 2.69 bits per heavy atom. The number of thiophene rings is 1. The SMILES string of the molecule is Cc1cc(C(N)c2ccc(Cl)cc2Br)cs1. The van der Waals surface area contributed by atoms with Crippen molar-refractivity contribution in [3.05, 3.63) is 55.1 Å². The topological polar surface area (TPSA) is 26.0 Å². The molecule has 0 aliphatic heterocycles. The zero-order chi connectivity index (χ0) is 11.7. The smallest absolute Gasteiger partial charge is 0.0571 e. The van der Waals surface area contributed by atoms with Gasteiger partial charge in [0.2, 0.25) is 0 Å². The van der Waals surface area contributed by atoms with E-state index in [1.807, 2.05) is 18.2 Å². The molecule has 0 radical (unpaired) electrons. The van der Waals surface area contributed by atoms with Crippen LogP contribution >= 0.6 is 38.9 Å². The van der Waals surface area contributed by atoms with Crippen LogP contribution in [0, 0.1) is 6.92 Å². The van der Waals surface area contributed by atoms with E-state index < -0.39 is 0 Å². The maximum Gasteiger partial charge on any atom is 0.0571 e.